The summed E-state index contributed by atoms with van der Waals surface area (Å²) in [5.41, 5.74) is 6.01. The fourth-order valence-electron chi connectivity index (χ4n) is 5.31. The van der Waals surface area contributed by atoms with Crippen molar-refractivity contribution in [1.29, 1.82) is 5.41 Å². The lowest BCUT2D eigenvalue weighted by molar-refractivity contribution is -0.142. The van der Waals surface area contributed by atoms with E-state index in [1.54, 1.807) is 25.2 Å². The number of benzene rings is 2. The summed E-state index contributed by atoms with van der Waals surface area (Å²) in [7, 11) is 1.55. The number of carboxylic acid groups (broad SMARTS) is 1. The SMILES string of the molecule is Cn1c(=O)c(C(=O)c2ccc(C(=N)N)cc2)nc2cc(C3(C(=O)N4CCCC4C(=O)NCC(=O)O)CC3)ccc21. The normalized spacial score (nSPS) is 17.4. The van der Waals surface area contributed by atoms with Crippen LogP contribution in [0.4, 0.5) is 0 Å². The Labute approximate surface area is 228 Å². The molecular formula is C28H28N6O6. The van der Waals surface area contributed by atoms with Crippen molar-refractivity contribution in [1.82, 2.24) is 19.8 Å². The summed E-state index contributed by atoms with van der Waals surface area (Å²) in [6, 6.07) is 10.5. The van der Waals surface area contributed by atoms with Crippen LogP contribution in [0.25, 0.3) is 11.0 Å². The summed E-state index contributed by atoms with van der Waals surface area (Å²) in [6.07, 6.45) is 2.22. The first-order valence-corrected chi connectivity index (χ1v) is 12.8. The van der Waals surface area contributed by atoms with Crippen LogP contribution in [0.1, 0.15) is 52.9 Å². The van der Waals surface area contributed by atoms with Gasteiger partial charge in [0.1, 0.15) is 18.4 Å². The molecule has 40 heavy (non-hydrogen) atoms. The molecule has 12 heteroatoms. The monoisotopic (exact) mass is 544 g/mol. The lowest BCUT2D eigenvalue weighted by Gasteiger charge is -2.28. The van der Waals surface area contributed by atoms with Crippen molar-refractivity contribution in [2.75, 3.05) is 13.1 Å². The zero-order chi connectivity index (χ0) is 28.8. The molecule has 1 aromatic heterocycles. The van der Waals surface area contributed by atoms with Gasteiger partial charge in [-0.2, -0.15) is 0 Å². The third-order valence-electron chi connectivity index (χ3n) is 7.69. The topological polar surface area (TPSA) is 189 Å². The van der Waals surface area contributed by atoms with Gasteiger partial charge < -0.3 is 25.6 Å². The summed E-state index contributed by atoms with van der Waals surface area (Å²) in [5.74, 6) is -2.57. The maximum Gasteiger partial charge on any atom is 0.322 e. The van der Waals surface area contributed by atoms with E-state index < -0.39 is 41.2 Å². The minimum Gasteiger partial charge on any atom is -0.480 e. The first-order chi connectivity index (χ1) is 19.0. The Morgan fingerprint density at radius 2 is 1.80 bits per heavy atom. The molecule has 3 aromatic rings. The van der Waals surface area contributed by atoms with Crippen LogP contribution in [0.15, 0.2) is 47.3 Å². The molecule has 2 fully saturated rings. The van der Waals surface area contributed by atoms with Gasteiger partial charge in [0.2, 0.25) is 17.6 Å². The molecule has 206 valence electrons. The number of ketones is 1. The Balaban J connectivity index is 1.47. The fourth-order valence-corrected chi connectivity index (χ4v) is 5.31. The highest BCUT2D eigenvalue weighted by Crippen LogP contribution is 2.51. The van der Waals surface area contributed by atoms with Gasteiger partial charge in [0.05, 0.1) is 16.4 Å². The quantitative estimate of drug-likeness (QED) is 0.181. The van der Waals surface area contributed by atoms with Gasteiger partial charge in [0, 0.05) is 24.7 Å². The van der Waals surface area contributed by atoms with Crippen molar-refractivity contribution in [2.45, 2.75) is 37.1 Å². The van der Waals surface area contributed by atoms with Crippen LogP contribution in [-0.2, 0) is 26.8 Å². The number of aliphatic carboxylic acids is 1. The van der Waals surface area contributed by atoms with Crippen molar-refractivity contribution >= 4 is 40.4 Å². The maximum absolute atomic E-state index is 13.8. The van der Waals surface area contributed by atoms with E-state index in [0.717, 1.165) is 0 Å². The Kier molecular flexibility index (Phi) is 6.70. The predicted molar refractivity (Wildman–Crippen MR) is 144 cm³/mol. The Morgan fingerprint density at radius 1 is 1.12 bits per heavy atom. The summed E-state index contributed by atoms with van der Waals surface area (Å²) >= 11 is 0. The van der Waals surface area contributed by atoms with Crippen LogP contribution in [0.3, 0.4) is 0 Å². The molecule has 0 bridgehead atoms. The number of nitrogen functional groups attached to an aromatic ring is 1. The van der Waals surface area contributed by atoms with Gasteiger partial charge >= 0.3 is 5.97 Å². The smallest absolute Gasteiger partial charge is 0.322 e. The van der Waals surface area contributed by atoms with Crippen molar-refractivity contribution in [3.8, 4) is 0 Å². The molecule has 1 atom stereocenters. The van der Waals surface area contributed by atoms with Gasteiger partial charge in [0.25, 0.3) is 5.56 Å². The van der Waals surface area contributed by atoms with Gasteiger partial charge in [-0.15, -0.1) is 0 Å². The Bertz CT molecular complexity index is 1640. The van der Waals surface area contributed by atoms with E-state index in [2.05, 4.69) is 10.3 Å². The van der Waals surface area contributed by atoms with E-state index >= 15 is 0 Å². The summed E-state index contributed by atoms with van der Waals surface area (Å²) in [4.78, 5) is 69.4. The highest BCUT2D eigenvalue weighted by molar-refractivity contribution is 6.09. The Morgan fingerprint density at radius 3 is 2.42 bits per heavy atom. The largest absolute Gasteiger partial charge is 0.480 e. The molecule has 0 spiro atoms. The average molecular weight is 545 g/mol. The molecule has 2 amide bonds. The zero-order valence-corrected chi connectivity index (χ0v) is 21.8. The number of hydrogen-bond donors (Lipinski definition) is 4. The number of nitrogens with two attached hydrogens (primary N) is 1. The number of aryl methyl sites for hydroxylation is 1. The predicted octanol–water partition coefficient (Wildman–Crippen LogP) is 0.672. The molecule has 1 saturated carbocycles. The standard InChI is InChI=1S/C28H28N6O6/c1-33-19-9-8-17(28(10-11-28)27(40)34-12-2-3-20(34)25(38)31-14-21(35)36)13-18(19)32-22(26(33)39)23(37)15-4-6-16(7-5-15)24(29)30/h4-9,13,20H,2-3,10-12,14H2,1H3,(H3,29,30)(H,31,38)(H,35,36). The van der Waals surface area contributed by atoms with E-state index in [0.29, 0.717) is 54.4 Å². The molecule has 0 radical (unpaired) electrons. The lowest BCUT2D eigenvalue weighted by Crippen LogP contribution is -2.50. The van der Waals surface area contributed by atoms with Crippen molar-refractivity contribution in [3.05, 3.63) is 75.2 Å². The molecule has 5 rings (SSSR count). The van der Waals surface area contributed by atoms with Gasteiger partial charge in [0.15, 0.2) is 5.69 Å². The maximum atomic E-state index is 13.8. The summed E-state index contributed by atoms with van der Waals surface area (Å²) < 4.78 is 1.34. The first-order valence-electron chi connectivity index (χ1n) is 12.8. The van der Waals surface area contributed by atoms with Gasteiger partial charge in [-0.25, -0.2) is 4.98 Å². The first kappa shape index (κ1) is 26.7. The second-order valence-corrected chi connectivity index (χ2v) is 10.2. The van der Waals surface area contributed by atoms with Crippen molar-refractivity contribution < 1.29 is 24.3 Å². The number of carbonyl (C=O) groups is 4. The number of likely N-dealkylation sites (tertiary alicyclic amines) is 1. The molecule has 2 aromatic carbocycles. The van der Waals surface area contributed by atoms with Crippen molar-refractivity contribution in [2.24, 2.45) is 12.8 Å². The molecular weight excluding hydrogens is 516 g/mol. The number of carboxylic acids is 1. The molecule has 1 aliphatic heterocycles. The molecule has 2 heterocycles. The van der Waals surface area contributed by atoms with Crippen molar-refractivity contribution in [3.63, 3.8) is 0 Å². The minimum atomic E-state index is -1.16. The van der Waals surface area contributed by atoms with E-state index in [-0.39, 0.29) is 23.0 Å². The van der Waals surface area contributed by atoms with Crippen LogP contribution in [0.2, 0.25) is 0 Å². The number of amidine groups is 1. The molecule has 1 aliphatic carbocycles. The average Bonchev–Trinajstić information content (AvgIpc) is 3.61. The molecule has 2 aliphatic rings. The van der Waals surface area contributed by atoms with E-state index in [9.17, 15) is 24.0 Å². The molecule has 5 N–H and O–H groups in total. The van der Waals surface area contributed by atoms with Crippen LogP contribution >= 0.6 is 0 Å². The number of nitrogens with zero attached hydrogens (tertiary/aromatic N) is 3. The number of fused-ring (bicyclic) bond motifs is 1. The number of carbonyl (C=O) groups excluding carboxylic acids is 3. The van der Waals surface area contributed by atoms with Gasteiger partial charge in [-0.3, -0.25) is 29.4 Å². The van der Waals surface area contributed by atoms with Gasteiger partial charge in [-0.1, -0.05) is 30.3 Å². The minimum absolute atomic E-state index is 0.143. The number of hydrogen-bond acceptors (Lipinski definition) is 7. The third kappa shape index (κ3) is 4.61. The number of nitrogens with one attached hydrogen (secondary N) is 2. The van der Waals surface area contributed by atoms with E-state index in [1.807, 2.05) is 0 Å². The second kappa shape index (κ2) is 10.0. The molecule has 1 saturated heterocycles. The zero-order valence-electron chi connectivity index (χ0n) is 21.8. The third-order valence-corrected chi connectivity index (χ3v) is 7.69. The number of rotatable bonds is 8. The van der Waals surface area contributed by atoms with Crippen LogP contribution < -0.4 is 16.6 Å². The van der Waals surface area contributed by atoms with E-state index in [1.165, 1.54) is 33.7 Å². The van der Waals surface area contributed by atoms with Crippen LogP contribution in [-0.4, -0.2) is 68.1 Å². The molecule has 12 nitrogen and oxygen atoms in total. The second-order valence-electron chi connectivity index (χ2n) is 10.2. The lowest BCUT2D eigenvalue weighted by atomic mass is 9.93. The highest BCUT2D eigenvalue weighted by Gasteiger charge is 2.55. The van der Waals surface area contributed by atoms with E-state index in [4.69, 9.17) is 16.2 Å². The number of aromatic nitrogens is 2. The fraction of sp³-hybridized carbons (Fsp3) is 0.321. The Hall–Kier alpha value is -4.87. The summed E-state index contributed by atoms with van der Waals surface area (Å²) in [6.45, 7) is -0.118. The highest BCUT2D eigenvalue weighted by atomic mass is 16.4. The summed E-state index contributed by atoms with van der Waals surface area (Å²) in [5, 5.41) is 18.8. The number of amides is 2. The van der Waals surface area contributed by atoms with Crippen LogP contribution in [0, 0.1) is 5.41 Å². The molecule has 1 unspecified atom stereocenters. The van der Waals surface area contributed by atoms with Gasteiger partial charge in [-0.05, 0) is 43.4 Å². The van der Waals surface area contributed by atoms with Crippen LogP contribution in [0.5, 0.6) is 0 Å².